The van der Waals surface area contributed by atoms with E-state index in [4.69, 9.17) is 21.3 Å². The van der Waals surface area contributed by atoms with E-state index in [9.17, 15) is 15.0 Å². The number of thioether (sulfide) groups is 1. The van der Waals surface area contributed by atoms with E-state index in [0.29, 0.717) is 23.1 Å². The van der Waals surface area contributed by atoms with Crippen molar-refractivity contribution in [1.82, 2.24) is 4.98 Å². The van der Waals surface area contributed by atoms with Crippen LogP contribution < -0.4 is 4.74 Å². The van der Waals surface area contributed by atoms with Crippen molar-refractivity contribution < 1.29 is 19.7 Å². The Kier molecular flexibility index (Phi) is 8.74. The van der Waals surface area contributed by atoms with Gasteiger partial charge in [0.15, 0.2) is 0 Å². The first-order chi connectivity index (χ1) is 19.6. The maximum Gasteiger partial charge on any atom is 0.303 e. The van der Waals surface area contributed by atoms with Gasteiger partial charge in [0.05, 0.1) is 29.8 Å². The van der Waals surface area contributed by atoms with E-state index in [2.05, 4.69) is 12.1 Å². The van der Waals surface area contributed by atoms with Gasteiger partial charge in [0.1, 0.15) is 5.75 Å². The molecule has 212 valence electrons. The van der Waals surface area contributed by atoms with E-state index in [1.807, 2.05) is 78.9 Å². The summed E-state index contributed by atoms with van der Waals surface area (Å²) >= 11 is 7.90. The fourth-order valence-electron chi connectivity index (χ4n) is 5.24. The van der Waals surface area contributed by atoms with Gasteiger partial charge in [0.2, 0.25) is 0 Å². The number of hydrogen-bond acceptors (Lipinski definition) is 5. The minimum absolute atomic E-state index is 0.0287. The van der Waals surface area contributed by atoms with Gasteiger partial charge in [-0.25, -0.2) is 4.98 Å². The lowest BCUT2D eigenvalue weighted by atomic mass is 9.91. The molecule has 1 saturated carbocycles. The summed E-state index contributed by atoms with van der Waals surface area (Å²) in [5, 5.41) is 21.9. The Morgan fingerprint density at radius 3 is 2.61 bits per heavy atom. The number of carbonyl (C=O) groups is 1. The largest absolute Gasteiger partial charge is 0.492 e. The average molecular weight is 588 g/mol. The summed E-state index contributed by atoms with van der Waals surface area (Å²) in [7, 11) is 0. The minimum atomic E-state index is -1.00. The SMILES string of the molecule is CC(C)(O)c1ccccc1OCCSC(c1cccc(/C=C/c2ccc3ccc(Cl)cc3n2)c1)C1(CC(=O)O)CC1. The molecule has 1 aliphatic carbocycles. The molecule has 2 N–H and O–H groups in total. The predicted molar refractivity (Wildman–Crippen MR) is 168 cm³/mol. The Bertz CT molecular complexity index is 1570. The van der Waals surface area contributed by atoms with Crippen LogP contribution in [-0.4, -0.2) is 33.5 Å². The second kappa shape index (κ2) is 12.3. The Hall–Kier alpha value is -3.32. The number of rotatable bonds is 12. The molecule has 1 unspecified atom stereocenters. The first-order valence-electron chi connectivity index (χ1n) is 13.8. The molecule has 0 bridgehead atoms. The number of para-hydroxylation sites is 1. The molecule has 3 aromatic carbocycles. The molecule has 1 aromatic heterocycles. The standard InChI is InChI=1S/C34H34ClNO4S/c1-33(2,39)28-8-3-4-9-30(28)40-18-19-41-32(34(16-17-34)22-31(37)38)25-7-5-6-23(20-25)10-14-27-15-12-24-11-13-26(35)21-29(24)36-27/h3-15,20-21,32,39H,16-19,22H2,1-2H3,(H,37,38)/b14-10+. The van der Waals surface area contributed by atoms with Crippen molar-refractivity contribution in [2.24, 2.45) is 5.41 Å². The summed E-state index contributed by atoms with van der Waals surface area (Å²) in [5.74, 6) is 0.595. The minimum Gasteiger partial charge on any atom is -0.492 e. The number of benzene rings is 3. The number of halogens is 1. The highest BCUT2D eigenvalue weighted by molar-refractivity contribution is 7.99. The van der Waals surface area contributed by atoms with Crippen molar-refractivity contribution >= 4 is 52.4 Å². The second-order valence-electron chi connectivity index (χ2n) is 11.2. The maximum atomic E-state index is 11.8. The van der Waals surface area contributed by atoms with Gasteiger partial charge in [0, 0.05) is 27.0 Å². The van der Waals surface area contributed by atoms with Gasteiger partial charge in [-0.05, 0) is 73.6 Å². The molecule has 0 saturated heterocycles. The number of hydrogen-bond donors (Lipinski definition) is 2. The molecule has 5 nitrogen and oxygen atoms in total. The van der Waals surface area contributed by atoms with Crippen LogP contribution in [-0.2, 0) is 10.4 Å². The van der Waals surface area contributed by atoms with Crippen molar-refractivity contribution in [1.29, 1.82) is 0 Å². The third kappa shape index (κ3) is 7.31. The molecule has 5 rings (SSSR count). The number of aromatic nitrogens is 1. The first kappa shape index (κ1) is 29.2. The normalized spacial score (nSPS) is 15.2. The highest BCUT2D eigenvalue weighted by atomic mass is 35.5. The number of fused-ring (bicyclic) bond motifs is 1. The smallest absolute Gasteiger partial charge is 0.303 e. The van der Waals surface area contributed by atoms with E-state index in [1.54, 1.807) is 25.6 Å². The summed E-state index contributed by atoms with van der Waals surface area (Å²) in [6, 6.07) is 25.6. The molecule has 0 radical (unpaired) electrons. The molecule has 4 aromatic rings. The van der Waals surface area contributed by atoms with Crippen molar-refractivity contribution in [2.45, 2.75) is 44.0 Å². The van der Waals surface area contributed by atoms with E-state index in [1.165, 1.54) is 0 Å². The van der Waals surface area contributed by atoms with Crippen molar-refractivity contribution in [3.8, 4) is 5.75 Å². The van der Waals surface area contributed by atoms with Crippen molar-refractivity contribution in [3.05, 3.63) is 106 Å². The fourth-order valence-corrected chi connectivity index (χ4v) is 6.84. The fraction of sp³-hybridized carbons (Fsp3) is 0.294. The number of carboxylic acid groups (broad SMARTS) is 1. The maximum absolute atomic E-state index is 11.8. The van der Waals surface area contributed by atoms with Crippen LogP contribution in [0.15, 0.2) is 78.9 Å². The lowest BCUT2D eigenvalue weighted by molar-refractivity contribution is -0.138. The summed E-state index contributed by atoms with van der Waals surface area (Å²) in [5.41, 5.74) is 3.31. The van der Waals surface area contributed by atoms with Gasteiger partial charge in [0.25, 0.3) is 0 Å². The Morgan fingerprint density at radius 1 is 1.07 bits per heavy atom. The van der Waals surface area contributed by atoms with Crippen LogP contribution in [0.1, 0.15) is 60.7 Å². The van der Waals surface area contributed by atoms with Gasteiger partial charge >= 0.3 is 5.97 Å². The van der Waals surface area contributed by atoms with Gasteiger partial charge in [-0.1, -0.05) is 72.3 Å². The number of ether oxygens (including phenoxy) is 1. The van der Waals surface area contributed by atoms with E-state index >= 15 is 0 Å². The van der Waals surface area contributed by atoms with Crippen LogP contribution in [0.2, 0.25) is 5.02 Å². The average Bonchev–Trinajstić information content (AvgIpc) is 3.70. The highest BCUT2D eigenvalue weighted by Crippen LogP contribution is 2.62. The van der Waals surface area contributed by atoms with E-state index in [0.717, 1.165) is 46.1 Å². The number of pyridine rings is 1. The van der Waals surface area contributed by atoms with Gasteiger partial charge < -0.3 is 14.9 Å². The Morgan fingerprint density at radius 2 is 1.85 bits per heavy atom. The lowest BCUT2D eigenvalue weighted by Gasteiger charge is -2.27. The summed E-state index contributed by atoms with van der Waals surface area (Å²) in [6.07, 6.45) is 5.96. The number of aliphatic hydroxyl groups is 1. The molecular weight excluding hydrogens is 554 g/mol. The quantitative estimate of drug-likeness (QED) is 0.162. The molecular formula is C34H34ClNO4S. The van der Waals surface area contributed by atoms with Crippen LogP contribution >= 0.6 is 23.4 Å². The topological polar surface area (TPSA) is 79.7 Å². The monoisotopic (exact) mass is 587 g/mol. The first-order valence-corrected chi connectivity index (χ1v) is 15.2. The van der Waals surface area contributed by atoms with Gasteiger partial charge in [-0.3, -0.25) is 4.79 Å². The molecule has 0 spiro atoms. The van der Waals surface area contributed by atoms with Crippen molar-refractivity contribution in [3.63, 3.8) is 0 Å². The summed E-state index contributed by atoms with van der Waals surface area (Å²) < 4.78 is 6.09. The third-order valence-electron chi connectivity index (χ3n) is 7.46. The van der Waals surface area contributed by atoms with E-state index < -0.39 is 11.6 Å². The lowest BCUT2D eigenvalue weighted by Crippen LogP contribution is -2.19. The highest BCUT2D eigenvalue weighted by Gasteiger charge is 2.51. The van der Waals surface area contributed by atoms with Gasteiger partial charge in [-0.2, -0.15) is 0 Å². The molecule has 1 aliphatic rings. The molecule has 41 heavy (non-hydrogen) atoms. The molecule has 0 aliphatic heterocycles. The molecule has 0 amide bonds. The van der Waals surface area contributed by atoms with Crippen molar-refractivity contribution in [2.75, 3.05) is 12.4 Å². The summed E-state index contributed by atoms with van der Waals surface area (Å²) in [6.45, 7) is 3.94. The molecule has 1 fully saturated rings. The summed E-state index contributed by atoms with van der Waals surface area (Å²) in [4.78, 5) is 16.5. The molecule has 1 heterocycles. The van der Waals surface area contributed by atoms with Crippen LogP contribution in [0.3, 0.4) is 0 Å². The van der Waals surface area contributed by atoms with Gasteiger partial charge in [-0.15, -0.1) is 11.8 Å². The zero-order valence-electron chi connectivity index (χ0n) is 23.2. The Labute approximate surface area is 250 Å². The number of carboxylic acids is 1. The van der Waals surface area contributed by atoms with Crippen LogP contribution in [0.4, 0.5) is 0 Å². The Balaban J connectivity index is 1.32. The van der Waals surface area contributed by atoms with Crippen LogP contribution in [0.25, 0.3) is 23.1 Å². The number of aliphatic carboxylic acids is 1. The second-order valence-corrected chi connectivity index (χ2v) is 12.8. The zero-order chi connectivity index (χ0) is 29.0. The van der Waals surface area contributed by atoms with Crippen LogP contribution in [0, 0.1) is 5.41 Å². The third-order valence-corrected chi connectivity index (χ3v) is 9.20. The predicted octanol–water partition coefficient (Wildman–Crippen LogP) is 8.39. The van der Waals surface area contributed by atoms with E-state index in [-0.39, 0.29) is 17.1 Å². The number of nitrogens with zero attached hydrogens (tertiary/aromatic N) is 1. The molecule has 1 atom stereocenters. The zero-order valence-corrected chi connectivity index (χ0v) is 24.8. The molecule has 7 heteroatoms. The van der Waals surface area contributed by atoms with Crippen LogP contribution in [0.5, 0.6) is 5.75 Å².